The smallest absolute Gasteiger partial charge is 0.325 e. The van der Waals surface area contributed by atoms with Crippen LogP contribution in [-0.4, -0.2) is 29.6 Å². The molecule has 2 N–H and O–H groups in total. The Kier molecular flexibility index (Phi) is 4.04. The van der Waals surface area contributed by atoms with Crippen molar-refractivity contribution in [3.05, 3.63) is 29.3 Å². The molecule has 2 rings (SSSR count). The van der Waals surface area contributed by atoms with Gasteiger partial charge in [-0.05, 0) is 49.4 Å². The maximum absolute atomic E-state index is 11.5. The minimum Gasteiger partial charge on any atom is -0.484 e. The number of aliphatic carboxylic acids is 1. The Balaban J connectivity index is 1.85. The number of carbonyl (C=O) groups is 2. The topological polar surface area (TPSA) is 75.6 Å². The van der Waals surface area contributed by atoms with Gasteiger partial charge in [-0.15, -0.1) is 0 Å². The van der Waals surface area contributed by atoms with Gasteiger partial charge in [-0.2, -0.15) is 0 Å². The predicted octanol–water partition coefficient (Wildman–Crippen LogP) is 1.14. The van der Waals surface area contributed by atoms with Crippen LogP contribution in [0.15, 0.2) is 18.2 Å². The molecule has 0 saturated carbocycles. The summed E-state index contributed by atoms with van der Waals surface area (Å²) < 4.78 is 5.37. The summed E-state index contributed by atoms with van der Waals surface area (Å²) in [6.07, 6.45) is 3.32. The molecular weight excluding hydrogens is 246 g/mol. The summed E-state index contributed by atoms with van der Waals surface area (Å²) in [7, 11) is 0. The molecule has 1 aliphatic rings. The zero-order chi connectivity index (χ0) is 13.8. The van der Waals surface area contributed by atoms with Gasteiger partial charge in [-0.1, -0.05) is 6.07 Å². The second kappa shape index (κ2) is 5.73. The van der Waals surface area contributed by atoms with Gasteiger partial charge in [-0.25, -0.2) is 0 Å². The van der Waals surface area contributed by atoms with Gasteiger partial charge in [0.15, 0.2) is 6.61 Å². The van der Waals surface area contributed by atoms with Gasteiger partial charge >= 0.3 is 5.97 Å². The molecule has 1 amide bonds. The number of amides is 1. The summed E-state index contributed by atoms with van der Waals surface area (Å²) in [6.45, 7) is 1.24. The lowest BCUT2D eigenvalue weighted by Gasteiger charge is -2.11. The maximum atomic E-state index is 11.5. The fourth-order valence-corrected chi connectivity index (χ4v) is 2.13. The van der Waals surface area contributed by atoms with Gasteiger partial charge in [0.2, 0.25) is 0 Å². The van der Waals surface area contributed by atoms with Crippen LogP contribution in [0.2, 0.25) is 0 Å². The Morgan fingerprint density at radius 1 is 1.37 bits per heavy atom. The highest BCUT2D eigenvalue weighted by Crippen LogP contribution is 2.25. The zero-order valence-electron chi connectivity index (χ0n) is 10.8. The lowest BCUT2D eigenvalue weighted by Crippen LogP contribution is -2.40. The Labute approximate surface area is 111 Å². The second-order valence-electron chi connectivity index (χ2n) is 4.70. The first-order chi connectivity index (χ1) is 9.06. The number of benzene rings is 1. The van der Waals surface area contributed by atoms with Gasteiger partial charge in [0, 0.05) is 0 Å². The van der Waals surface area contributed by atoms with Crippen molar-refractivity contribution >= 4 is 11.9 Å². The first-order valence-corrected chi connectivity index (χ1v) is 6.33. The molecule has 0 unspecified atom stereocenters. The third kappa shape index (κ3) is 3.47. The van der Waals surface area contributed by atoms with Crippen LogP contribution in [0.4, 0.5) is 0 Å². The molecule has 0 spiro atoms. The number of hydrogen-bond donors (Lipinski definition) is 2. The van der Waals surface area contributed by atoms with Crippen LogP contribution in [0.3, 0.4) is 0 Å². The maximum Gasteiger partial charge on any atom is 0.325 e. The Hall–Kier alpha value is -2.04. The van der Waals surface area contributed by atoms with E-state index >= 15 is 0 Å². The largest absolute Gasteiger partial charge is 0.484 e. The molecule has 102 valence electrons. The first-order valence-electron chi connectivity index (χ1n) is 6.33. The average molecular weight is 263 g/mol. The number of hydrogen-bond acceptors (Lipinski definition) is 3. The molecule has 5 nitrogen and oxygen atoms in total. The van der Waals surface area contributed by atoms with Gasteiger partial charge in [0.1, 0.15) is 11.8 Å². The summed E-state index contributed by atoms with van der Waals surface area (Å²) in [5.41, 5.74) is 2.62. The van der Waals surface area contributed by atoms with E-state index in [4.69, 9.17) is 9.84 Å². The van der Waals surface area contributed by atoms with Crippen LogP contribution in [0.1, 0.15) is 24.5 Å². The average Bonchev–Trinajstić information content (AvgIpc) is 2.83. The quantitative estimate of drug-likeness (QED) is 0.835. The van der Waals surface area contributed by atoms with Crippen molar-refractivity contribution in [2.24, 2.45) is 0 Å². The fourth-order valence-electron chi connectivity index (χ4n) is 2.13. The van der Waals surface area contributed by atoms with Crippen LogP contribution in [0.25, 0.3) is 0 Å². The number of ether oxygens (including phenoxy) is 1. The normalized spacial score (nSPS) is 14.6. The van der Waals surface area contributed by atoms with Crippen molar-refractivity contribution in [2.75, 3.05) is 6.61 Å². The Morgan fingerprint density at radius 3 is 2.84 bits per heavy atom. The van der Waals surface area contributed by atoms with E-state index in [1.165, 1.54) is 18.1 Å². The summed E-state index contributed by atoms with van der Waals surface area (Å²) in [5.74, 6) is -0.847. The molecule has 1 atom stereocenters. The third-order valence-electron chi connectivity index (χ3n) is 3.19. The Bertz CT molecular complexity index is 498. The zero-order valence-corrected chi connectivity index (χ0v) is 10.8. The molecule has 0 fully saturated rings. The summed E-state index contributed by atoms with van der Waals surface area (Å²) >= 11 is 0. The van der Waals surface area contributed by atoms with Crippen LogP contribution < -0.4 is 10.1 Å². The van der Waals surface area contributed by atoms with Gasteiger partial charge < -0.3 is 15.2 Å². The fraction of sp³-hybridized carbons (Fsp3) is 0.429. The molecule has 1 aromatic carbocycles. The standard InChI is InChI=1S/C14H17NO4/c1-9(14(17)18)15-13(16)8-19-12-6-5-10-3-2-4-11(10)7-12/h5-7,9H,2-4,8H2,1H3,(H,15,16)(H,17,18)/t9-/m0/s1. The van der Waals surface area contributed by atoms with Crippen LogP contribution in [-0.2, 0) is 22.4 Å². The third-order valence-corrected chi connectivity index (χ3v) is 3.19. The molecule has 0 aromatic heterocycles. The molecule has 0 saturated heterocycles. The molecule has 1 aromatic rings. The van der Waals surface area contributed by atoms with Crippen molar-refractivity contribution in [3.8, 4) is 5.75 Å². The van der Waals surface area contributed by atoms with E-state index in [2.05, 4.69) is 5.32 Å². The SMILES string of the molecule is C[C@H](NC(=O)COc1ccc2c(c1)CCC2)C(=O)O. The lowest BCUT2D eigenvalue weighted by molar-refractivity contribution is -0.141. The first kappa shape index (κ1) is 13.4. The molecule has 0 aliphatic heterocycles. The van der Waals surface area contributed by atoms with Crippen LogP contribution in [0, 0.1) is 0 Å². The number of carbonyl (C=O) groups excluding carboxylic acids is 1. The predicted molar refractivity (Wildman–Crippen MR) is 69.2 cm³/mol. The van der Waals surface area contributed by atoms with Crippen molar-refractivity contribution in [3.63, 3.8) is 0 Å². The van der Waals surface area contributed by atoms with E-state index in [1.54, 1.807) is 0 Å². The van der Waals surface area contributed by atoms with Crippen molar-refractivity contribution in [2.45, 2.75) is 32.2 Å². The van der Waals surface area contributed by atoms with Crippen molar-refractivity contribution < 1.29 is 19.4 Å². The number of rotatable bonds is 5. The van der Waals surface area contributed by atoms with E-state index < -0.39 is 17.9 Å². The van der Waals surface area contributed by atoms with Crippen molar-refractivity contribution in [1.82, 2.24) is 5.32 Å². The minimum atomic E-state index is -1.06. The van der Waals surface area contributed by atoms with Gasteiger partial charge in [0.25, 0.3) is 5.91 Å². The van der Waals surface area contributed by atoms with Crippen molar-refractivity contribution in [1.29, 1.82) is 0 Å². The molecule has 5 heteroatoms. The monoisotopic (exact) mass is 263 g/mol. The lowest BCUT2D eigenvalue weighted by atomic mass is 10.1. The number of nitrogens with one attached hydrogen (secondary N) is 1. The molecule has 0 radical (unpaired) electrons. The molecule has 1 aliphatic carbocycles. The molecular formula is C14H17NO4. The van der Waals surface area contributed by atoms with E-state index in [1.807, 2.05) is 18.2 Å². The summed E-state index contributed by atoms with van der Waals surface area (Å²) in [4.78, 5) is 22.0. The van der Waals surface area contributed by atoms with E-state index in [0.717, 1.165) is 19.3 Å². The molecule has 0 bridgehead atoms. The Morgan fingerprint density at radius 2 is 2.11 bits per heavy atom. The van der Waals surface area contributed by atoms with Gasteiger partial charge in [-0.3, -0.25) is 9.59 Å². The summed E-state index contributed by atoms with van der Waals surface area (Å²) in [6, 6.07) is 4.92. The second-order valence-corrected chi connectivity index (χ2v) is 4.70. The number of aryl methyl sites for hydroxylation is 2. The highest BCUT2D eigenvalue weighted by atomic mass is 16.5. The number of fused-ring (bicyclic) bond motifs is 1. The summed E-state index contributed by atoms with van der Waals surface area (Å²) in [5, 5.41) is 11.0. The number of carboxylic acids is 1. The highest BCUT2D eigenvalue weighted by Gasteiger charge is 2.15. The molecule has 19 heavy (non-hydrogen) atoms. The van der Waals surface area contributed by atoms with E-state index in [-0.39, 0.29) is 6.61 Å². The minimum absolute atomic E-state index is 0.170. The van der Waals surface area contributed by atoms with Gasteiger partial charge in [0.05, 0.1) is 0 Å². The molecule has 0 heterocycles. The van der Waals surface area contributed by atoms with Crippen LogP contribution in [0.5, 0.6) is 5.75 Å². The highest BCUT2D eigenvalue weighted by molar-refractivity contribution is 5.84. The van der Waals surface area contributed by atoms with E-state index in [9.17, 15) is 9.59 Å². The van der Waals surface area contributed by atoms with E-state index in [0.29, 0.717) is 5.75 Å². The van der Waals surface area contributed by atoms with Crippen LogP contribution >= 0.6 is 0 Å². The number of carboxylic acid groups (broad SMARTS) is 1.